The van der Waals surface area contributed by atoms with E-state index in [1.54, 1.807) is 6.08 Å². The maximum atomic E-state index is 13.7. The number of hydrogen-bond acceptors (Lipinski definition) is 3. The highest BCUT2D eigenvalue weighted by molar-refractivity contribution is 5.96. The predicted octanol–water partition coefficient (Wildman–Crippen LogP) is 6.96. The fourth-order valence-electron chi connectivity index (χ4n) is 5.28. The summed E-state index contributed by atoms with van der Waals surface area (Å²) in [5.41, 5.74) is 6.65. The summed E-state index contributed by atoms with van der Waals surface area (Å²) >= 11 is 0. The lowest BCUT2D eigenvalue weighted by molar-refractivity contribution is -0.131. The van der Waals surface area contributed by atoms with Crippen LogP contribution in [0.1, 0.15) is 48.8 Å². The first-order valence-corrected chi connectivity index (χ1v) is 12.9. The summed E-state index contributed by atoms with van der Waals surface area (Å²) in [4.78, 5) is 26.7. The molecule has 2 N–H and O–H groups in total. The van der Waals surface area contributed by atoms with Gasteiger partial charge in [-0.15, -0.1) is 0 Å². The van der Waals surface area contributed by atoms with Gasteiger partial charge in [-0.3, -0.25) is 4.79 Å². The van der Waals surface area contributed by atoms with Gasteiger partial charge in [-0.1, -0.05) is 61.7 Å². The molecule has 0 bridgehead atoms. The van der Waals surface area contributed by atoms with Gasteiger partial charge in [0.05, 0.1) is 5.41 Å². The van der Waals surface area contributed by atoms with Gasteiger partial charge in [0.1, 0.15) is 0 Å². The molecule has 1 saturated carbocycles. The zero-order valence-electron chi connectivity index (χ0n) is 22.0. The van der Waals surface area contributed by atoms with Crippen molar-refractivity contribution in [1.29, 1.82) is 0 Å². The average molecular weight is 497 g/mol. The van der Waals surface area contributed by atoms with Crippen LogP contribution in [0, 0.1) is 12.3 Å². The summed E-state index contributed by atoms with van der Waals surface area (Å²) in [6.07, 6.45) is 8.35. The Balaban J connectivity index is 1.52. The quantitative estimate of drug-likeness (QED) is 0.331. The fraction of sp³-hybridized carbons (Fsp3) is 0.312. The molecule has 1 fully saturated rings. The first kappa shape index (κ1) is 26.2. The van der Waals surface area contributed by atoms with Crippen molar-refractivity contribution in [2.24, 2.45) is 5.41 Å². The van der Waals surface area contributed by atoms with Crippen LogP contribution >= 0.6 is 0 Å². The third-order valence-electron chi connectivity index (χ3n) is 7.28. The zero-order chi connectivity index (χ0) is 26.4. The summed E-state index contributed by atoms with van der Waals surface area (Å²) in [6, 6.07) is 22.8. The Kier molecular flexibility index (Phi) is 8.12. The Morgan fingerprint density at radius 2 is 1.54 bits per heavy atom. The van der Waals surface area contributed by atoms with E-state index < -0.39 is 11.4 Å². The minimum absolute atomic E-state index is 0.0503. The molecule has 3 aromatic rings. The van der Waals surface area contributed by atoms with Crippen LogP contribution in [0.2, 0.25) is 0 Å². The lowest BCUT2D eigenvalue weighted by Crippen LogP contribution is -2.40. The number of rotatable bonds is 8. The van der Waals surface area contributed by atoms with E-state index in [-0.39, 0.29) is 5.91 Å². The van der Waals surface area contributed by atoms with Crippen molar-refractivity contribution < 1.29 is 14.7 Å². The van der Waals surface area contributed by atoms with Crippen molar-refractivity contribution in [1.82, 2.24) is 0 Å². The second-order valence-electron chi connectivity index (χ2n) is 10.4. The summed E-state index contributed by atoms with van der Waals surface area (Å²) in [7, 11) is 4.07. The van der Waals surface area contributed by atoms with E-state index in [0.717, 1.165) is 54.9 Å². The van der Waals surface area contributed by atoms with Gasteiger partial charge in [-0.2, -0.15) is 0 Å². The summed E-state index contributed by atoms with van der Waals surface area (Å²) < 4.78 is 0. The van der Waals surface area contributed by atoms with Gasteiger partial charge in [0.15, 0.2) is 0 Å². The number of amides is 1. The Hall–Kier alpha value is -3.86. The largest absolute Gasteiger partial charge is 0.478 e. The van der Waals surface area contributed by atoms with Crippen molar-refractivity contribution in [2.75, 3.05) is 24.3 Å². The standard InChI is InChI=1S/C32H36N2O3/c1-23-19-25(9-16-30(35)36)21-28(20-23)33-31(37)32(17-5-4-6-18-32)22-24-7-10-26(11-8-24)27-12-14-29(15-13-27)34(2)3/h7-16,19-21H,4-6,17-18,22H2,1-3H3,(H,33,37)(H,35,36)/b16-9+. The van der Waals surface area contributed by atoms with Crippen LogP contribution in [0.25, 0.3) is 17.2 Å². The second-order valence-corrected chi connectivity index (χ2v) is 10.4. The van der Waals surface area contributed by atoms with E-state index in [4.69, 9.17) is 5.11 Å². The highest BCUT2D eigenvalue weighted by Crippen LogP contribution is 2.41. The SMILES string of the molecule is Cc1cc(/C=C/C(=O)O)cc(NC(=O)C2(Cc3ccc(-c4ccc(N(C)C)cc4)cc3)CCCCC2)c1. The first-order valence-electron chi connectivity index (χ1n) is 12.9. The maximum Gasteiger partial charge on any atom is 0.328 e. The highest BCUT2D eigenvalue weighted by atomic mass is 16.4. The number of aliphatic carboxylic acids is 1. The molecule has 1 aliphatic carbocycles. The molecule has 5 nitrogen and oxygen atoms in total. The summed E-state index contributed by atoms with van der Waals surface area (Å²) in [5.74, 6) is -0.945. The number of anilines is 2. The molecule has 4 rings (SSSR count). The normalized spacial score (nSPS) is 14.9. The molecule has 0 saturated heterocycles. The van der Waals surface area contributed by atoms with Crippen LogP contribution in [-0.4, -0.2) is 31.1 Å². The maximum absolute atomic E-state index is 13.7. The van der Waals surface area contributed by atoms with Crippen molar-refractivity contribution in [3.8, 4) is 11.1 Å². The lowest BCUT2D eigenvalue weighted by atomic mass is 9.69. The van der Waals surface area contributed by atoms with Gasteiger partial charge in [-0.05, 0) is 84.3 Å². The number of aryl methyl sites for hydroxylation is 1. The molecule has 1 aliphatic rings. The number of carbonyl (C=O) groups excluding carboxylic acids is 1. The summed E-state index contributed by atoms with van der Waals surface area (Å²) in [6.45, 7) is 1.94. The smallest absolute Gasteiger partial charge is 0.328 e. The molecule has 0 aromatic heterocycles. The van der Waals surface area contributed by atoms with Crippen LogP contribution in [0.5, 0.6) is 0 Å². The van der Waals surface area contributed by atoms with Gasteiger partial charge in [0.25, 0.3) is 0 Å². The minimum Gasteiger partial charge on any atom is -0.478 e. The van der Waals surface area contributed by atoms with Gasteiger partial charge in [0.2, 0.25) is 5.91 Å². The summed E-state index contributed by atoms with van der Waals surface area (Å²) in [5, 5.41) is 12.1. The molecular formula is C32H36N2O3. The number of nitrogens with one attached hydrogen (secondary N) is 1. The topological polar surface area (TPSA) is 69.6 Å². The molecule has 0 atom stereocenters. The van der Waals surface area contributed by atoms with Crippen LogP contribution in [0.3, 0.4) is 0 Å². The molecule has 5 heteroatoms. The van der Waals surface area contributed by atoms with Crippen molar-refractivity contribution in [2.45, 2.75) is 45.4 Å². The van der Waals surface area contributed by atoms with Crippen LogP contribution in [-0.2, 0) is 16.0 Å². The molecule has 0 unspecified atom stereocenters. The van der Waals surface area contributed by atoms with Crippen LogP contribution < -0.4 is 10.2 Å². The lowest BCUT2D eigenvalue weighted by Gasteiger charge is -2.36. The van der Waals surface area contributed by atoms with Gasteiger partial charge < -0.3 is 15.3 Å². The fourth-order valence-corrected chi connectivity index (χ4v) is 5.28. The van der Waals surface area contributed by atoms with Crippen molar-refractivity contribution in [3.05, 3.63) is 89.5 Å². The van der Waals surface area contributed by atoms with Crippen molar-refractivity contribution in [3.63, 3.8) is 0 Å². The average Bonchev–Trinajstić information content (AvgIpc) is 2.88. The highest BCUT2D eigenvalue weighted by Gasteiger charge is 2.39. The van der Waals surface area contributed by atoms with E-state index in [1.165, 1.54) is 16.8 Å². The molecule has 37 heavy (non-hydrogen) atoms. The van der Waals surface area contributed by atoms with Crippen molar-refractivity contribution >= 4 is 29.3 Å². The van der Waals surface area contributed by atoms with E-state index in [9.17, 15) is 9.59 Å². The number of carbonyl (C=O) groups is 2. The molecule has 0 aliphatic heterocycles. The molecule has 0 spiro atoms. The Morgan fingerprint density at radius 1 is 0.919 bits per heavy atom. The third kappa shape index (κ3) is 6.67. The van der Waals surface area contributed by atoms with E-state index in [0.29, 0.717) is 12.1 Å². The number of hydrogen-bond donors (Lipinski definition) is 2. The Labute approximate surface area is 219 Å². The first-order chi connectivity index (χ1) is 17.7. The number of nitrogens with zero attached hydrogens (tertiary/aromatic N) is 1. The molecule has 1 amide bonds. The Morgan fingerprint density at radius 3 is 2.14 bits per heavy atom. The zero-order valence-corrected chi connectivity index (χ0v) is 22.0. The van der Waals surface area contributed by atoms with Crippen LogP contribution in [0.15, 0.2) is 72.8 Å². The molecule has 192 valence electrons. The second kappa shape index (κ2) is 11.5. The number of carboxylic acids is 1. The molecule has 3 aromatic carbocycles. The van der Waals surface area contributed by atoms with Gasteiger partial charge in [-0.25, -0.2) is 4.79 Å². The van der Waals surface area contributed by atoms with Crippen LogP contribution in [0.4, 0.5) is 11.4 Å². The van der Waals surface area contributed by atoms with E-state index >= 15 is 0 Å². The van der Waals surface area contributed by atoms with E-state index in [1.807, 2.05) is 39.2 Å². The number of benzene rings is 3. The van der Waals surface area contributed by atoms with Gasteiger partial charge >= 0.3 is 5.97 Å². The number of carboxylic acid groups (broad SMARTS) is 1. The molecule has 0 radical (unpaired) electrons. The van der Waals surface area contributed by atoms with Gasteiger partial charge in [0, 0.05) is 31.5 Å². The molecule has 0 heterocycles. The Bertz CT molecular complexity index is 1270. The third-order valence-corrected chi connectivity index (χ3v) is 7.28. The molecular weight excluding hydrogens is 460 g/mol. The van der Waals surface area contributed by atoms with E-state index in [2.05, 4.69) is 58.7 Å². The minimum atomic E-state index is -0.996. The monoisotopic (exact) mass is 496 g/mol. The predicted molar refractivity (Wildman–Crippen MR) is 152 cm³/mol.